The van der Waals surface area contributed by atoms with Gasteiger partial charge in [0.05, 0.1) is 18.9 Å². The first kappa shape index (κ1) is 11.1. The number of aromatic amines is 1. The third kappa shape index (κ3) is 2.09. The summed E-state index contributed by atoms with van der Waals surface area (Å²) in [6.07, 6.45) is 0.925. The molecule has 2 heterocycles. The molecule has 5 heteroatoms. The monoisotopic (exact) mass is 224 g/mol. The summed E-state index contributed by atoms with van der Waals surface area (Å²) in [4.78, 5) is 19.0. The summed E-state index contributed by atoms with van der Waals surface area (Å²) in [6.45, 7) is 5.38. The number of esters is 1. The molecule has 0 saturated carbocycles. The SMILES string of the molecule is CCOC(=O)c1nc(C)[nH]c1C1CCOC1. The lowest BCUT2D eigenvalue weighted by atomic mass is 10.0. The number of rotatable bonds is 3. The molecule has 0 aromatic carbocycles. The summed E-state index contributed by atoms with van der Waals surface area (Å²) in [5.41, 5.74) is 1.27. The van der Waals surface area contributed by atoms with Crippen molar-refractivity contribution in [2.45, 2.75) is 26.2 Å². The third-order valence-electron chi connectivity index (χ3n) is 2.66. The number of hydrogen-bond donors (Lipinski definition) is 1. The Balaban J connectivity index is 2.25. The van der Waals surface area contributed by atoms with Crippen LogP contribution in [0.3, 0.4) is 0 Å². The highest BCUT2D eigenvalue weighted by Crippen LogP contribution is 2.26. The summed E-state index contributed by atoms with van der Waals surface area (Å²) in [6, 6.07) is 0. The fourth-order valence-electron chi connectivity index (χ4n) is 1.92. The smallest absolute Gasteiger partial charge is 0.358 e. The molecule has 1 unspecified atom stereocenters. The summed E-state index contributed by atoms with van der Waals surface area (Å²) < 4.78 is 10.3. The molecule has 0 spiro atoms. The van der Waals surface area contributed by atoms with Crippen LogP contribution >= 0.6 is 0 Å². The largest absolute Gasteiger partial charge is 0.461 e. The molecule has 1 atom stereocenters. The Morgan fingerprint density at radius 3 is 3.12 bits per heavy atom. The number of H-pyrrole nitrogens is 1. The van der Waals surface area contributed by atoms with Crippen LogP contribution in [0, 0.1) is 6.92 Å². The lowest BCUT2D eigenvalue weighted by Gasteiger charge is -2.07. The molecule has 2 rings (SSSR count). The van der Waals surface area contributed by atoms with Gasteiger partial charge in [-0.25, -0.2) is 9.78 Å². The van der Waals surface area contributed by atoms with Crippen molar-refractivity contribution in [3.05, 3.63) is 17.2 Å². The Hall–Kier alpha value is -1.36. The Morgan fingerprint density at radius 2 is 2.50 bits per heavy atom. The van der Waals surface area contributed by atoms with Gasteiger partial charge in [-0.2, -0.15) is 0 Å². The van der Waals surface area contributed by atoms with Crippen LogP contribution in [0.1, 0.15) is 41.3 Å². The van der Waals surface area contributed by atoms with Gasteiger partial charge in [-0.3, -0.25) is 0 Å². The van der Waals surface area contributed by atoms with E-state index < -0.39 is 0 Å². The van der Waals surface area contributed by atoms with Crippen molar-refractivity contribution in [1.29, 1.82) is 0 Å². The van der Waals surface area contributed by atoms with Gasteiger partial charge in [-0.1, -0.05) is 0 Å². The van der Waals surface area contributed by atoms with E-state index in [1.807, 2.05) is 6.92 Å². The predicted octanol–water partition coefficient (Wildman–Crippen LogP) is 1.40. The van der Waals surface area contributed by atoms with Gasteiger partial charge in [0, 0.05) is 12.5 Å². The molecular formula is C11H16N2O3. The first-order chi connectivity index (χ1) is 7.72. The van der Waals surface area contributed by atoms with Crippen molar-refractivity contribution in [2.75, 3.05) is 19.8 Å². The quantitative estimate of drug-likeness (QED) is 0.788. The standard InChI is InChI=1S/C11H16N2O3/c1-3-16-11(14)10-9(12-7(2)13-10)8-4-5-15-6-8/h8H,3-6H2,1-2H3,(H,12,13). The molecule has 1 saturated heterocycles. The number of ether oxygens (including phenoxy) is 2. The Kier molecular flexibility index (Phi) is 3.24. The van der Waals surface area contributed by atoms with Crippen LogP contribution in [-0.2, 0) is 9.47 Å². The molecule has 1 N–H and O–H groups in total. The third-order valence-corrected chi connectivity index (χ3v) is 2.66. The molecule has 5 nitrogen and oxygen atoms in total. The first-order valence-corrected chi connectivity index (χ1v) is 5.53. The van der Waals surface area contributed by atoms with Crippen LogP contribution in [0.5, 0.6) is 0 Å². The molecule has 1 aliphatic heterocycles. The van der Waals surface area contributed by atoms with Gasteiger partial charge < -0.3 is 14.5 Å². The molecule has 0 aliphatic carbocycles. The van der Waals surface area contributed by atoms with Gasteiger partial charge in [0.15, 0.2) is 5.69 Å². The number of aromatic nitrogens is 2. The summed E-state index contributed by atoms with van der Waals surface area (Å²) in [7, 11) is 0. The minimum absolute atomic E-state index is 0.237. The molecule has 1 aromatic heterocycles. The molecule has 0 amide bonds. The average Bonchev–Trinajstić information content (AvgIpc) is 2.85. The number of nitrogens with one attached hydrogen (secondary N) is 1. The van der Waals surface area contributed by atoms with Crippen LogP contribution in [-0.4, -0.2) is 35.8 Å². The second kappa shape index (κ2) is 4.65. The van der Waals surface area contributed by atoms with E-state index in [1.54, 1.807) is 6.92 Å². The van der Waals surface area contributed by atoms with E-state index >= 15 is 0 Å². The molecule has 16 heavy (non-hydrogen) atoms. The molecule has 1 aromatic rings. The number of carbonyl (C=O) groups is 1. The highest BCUT2D eigenvalue weighted by atomic mass is 16.5. The summed E-state index contributed by atoms with van der Waals surface area (Å²) >= 11 is 0. The van der Waals surface area contributed by atoms with Crippen molar-refractivity contribution in [3.8, 4) is 0 Å². The number of hydrogen-bond acceptors (Lipinski definition) is 4. The second-order valence-electron chi connectivity index (χ2n) is 3.87. The van der Waals surface area contributed by atoms with E-state index in [4.69, 9.17) is 9.47 Å². The fourth-order valence-corrected chi connectivity index (χ4v) is 1.92. The molecule has 1 fully saturated rings. The van der Waals surface area contributed by atoms with Gasteiger partial charge in [-0.05, 0) is 20.3 Å². The van der Waals surface area contributed by atoms with Crippen molar-refractivity contribution in [2.24, 2.45) is 0 Å². The van der Waals surface area contributed by atoms with Crippen molar-refractivity contribution in [3.63, 3.8) is 0 Å². The number of imidazole rings is 1. The van der Waals surface area contributed by atoms with Crippen molar-refractivity contribution >= 4 is 5.97 Å². The maximum Gasteiger partial charge on any atom is 0.358 e. The average molecular weight is 224 g/mol. The number of nitrogens with zero attached hydrogens (tertiary/aromatic N) is 1. The van der Waals surface area contributed by atoms with Gasteiger partial charge in [0.2, 0.25) is 0 Å². The van der Waals surface area contributed by atoms with Crippen molar-refractivity contribution in [1.82, 2.24) is 9.97 Å². The van der Waals surface area contributed by atoms with Gasteiger partial charge in [0.25, 0.3) is 0 Å². The topological polar surface area (TPSA) is 64.2 Å². The van der Waals surface area contributed by atoms with Crippen LogP contribution < -0.4 is 0 Å². The summed E-state index contributed by atoms with van der Waals surface area (Å²) in [5.74, 6) is 0.624. The highest BCUT2D eigenvalue weighted by molar-refractivity contribution is 5.88. The van der Waals surface area contributed by atoms with E-state index in [0.717, 1.165) is 24.5 Å². The van der Waals surface area contributed by atoms with E-state index in [1.165, 1.54) is 0 Å². The van der Waals surface area contributed by atoms with Crippen LogP contribution in [0.4, 0.5) is 0 Å². The number of carbonyl (C=O) groups excluding carboxylic acids is 1. The van der Waals surface area contributed by atoms with Gasteiger partial charge in [0.1, 0.15) is 5.82 Å². The maximum absolute atomic E-state index is 11.7. The van der Waals surface area contributed by atoms with Crippen LogP contribution in [0.2, 0.25) is 0 Å². The van der Waals surface area contributed by atoms with Gasteiger partial charge >= 0.3 is 5.97 Å². The lowest BCUT2D eigenvalue weighted by Crippen LogP contribution is -2.11. The maximum atomic E-state index is 11.7. The Labute approximate surface area is 94.2 Å². The zero-order valence-corrected chi connectivity index (χ0v) is 9.58. The second-order valence-corrected chi connectivity index (χ2v) is 3.87. The van der Waals surface area contributed by atoms with Crippen LogP contribution in [0.15, 0.2) is 0 Å². The van der Waals surface area contributed by atoms with E-state index in [2.05, 4.69) is 9.97 Å². The minimum Gasteiger partial charge on any atom is -0.461 e. The minimum atomic E-state index is -0.353. The Morgan fingerprint density at radius 1 is 1.69 bits per heavy atom. The van der Waals surface area contributed by atoms with Crippen LogP contribution in [0.25, 0.3) is 0 Å². The first-order valence-electron chi connectivity index (χ1n) is 5.53. The zero-order chi connectivity index (χ0) is 11.5. The van der Waals surface area contributed by atoms with Gasteiger partial charge in [-0.15, -0.1) is 0 Å². The van der Waals surface area contributed by atoms with E-state index in [-0.39, 0.29) is 11.9 Å². The molecule has 88 valence electrons. The molecule has 1 aliphatic rings. The highest BCUT2D eigenvalue weighted by Gasteiger charge is 2.27. The normalized spacial score (nSPS) is 20.0. The lowest BCUT2D eigenvalue weighted by molar-refractivity contribution is 0.0518. The molecule has 0 bridgehead atoms. The number of aryl methyl sites for hydroxylation is 1. The zero-order valence-electron chi connectivity index (χ0n) is 9.58. The summed E-state index contributed by atoms with van der Waals surface area (Å²) in [5, 5.41) is 0. The van der Waals surface area contributed by atoms with E-state index in [0.29, 0.717) is 18.9 Å². The fraction of sp³-hybridized carbons (Fsp3) is 0.636. The van der Waals surface area contributed by atoms with E-state index in [9.17, 15) is 4.79 Å². The predicted molar refractivity (Wildman–Crippen MR) is 57.5 cm³/mol. The van der Waals surface area contributed by atoms with Crippen molar-refractivity contribution < 1.29 is 14.3 Å². The molecular weight excluding hydrogens is 208 g/mol. The molecule has 0 radical (unpaired) electrons. The Bertz CT molecular complexity index is 381.